The van der Waals surface area contributed by atoms with E-state index < -0.39 is 0 Å². The fourth-order valence-electron chi connectivity index (χ4n) is 3.48. The molecule has 2 rings (SSSR count). The summed E-state index contributed by atoms with van der Waals surface area (Å²) >= 11 is 0. The van der Waals surface area contributed by atoms with Crippen molar-refractivity contribution in [3.8, 4) is 0 Å². The largest absolute Gasteiger partial charge is 4.00 e. The monoisotopic (exact) mass is 450 g/mol. The molecule has 0 bridgehead atoms. The van der Waals surface area contributed by atoms with Crippen LogP contribution in [0.5, 0.6) is 0 Å². The Kier molecular flexibility index (Phi) is 17.6. The topological polar surface area (TPSA) is 0 Å². The van der Waals surface area contributed by atoms with Crippen molar-refractivity contribution >= 4 is 14.7 Å². The number of benzene rings is 1. The van der Waals surface area contributed by atoms with Crippen molar-refractivity contribution in [1.29, 1.82) is 0 Å². The first kappa shape index (κ1) is 30.2. The maximum Gasteiger partial charge on any atom is 4.00 e. The van der Waals surface area contributed by atoms with E-state index >= 15 is 0 Å². The molecule has 0 nitrogen and oxygen atoms in total. The standard InChI is InChI=1S/C20H29Si.3ClH.Ti/c1-6-7-8-9-19-17(5)16(4)13-20(19)21-18-11-14(2)10-15(3)12-18;;;;/h10-12,20H,6-9,21H2,1-5H3;3*1H;/q-1;;;;+4/p-3. The molecule has 1 aliphatic carbocycles. The number of allylic oxidation sites excluding steroid dienone is 4. The van der Waals surface area contributed by atoms with Crippen molar-refractivity contribution in [3.63, 3.8) is 0 Å². The quantitative estimate of drug-likeness (QED) is 0.233. The van der Waals surface area contributed by atoms with Crippen LogP contribution in [0.25, 0.3) is 0 Å². The van der Waals surface area contributed by atoms with Gasteiger partial charge in [-0.2, -0.15) is 11.1 Å². The van der Waals surface area contributed by atoms with Crippen LogP contribution in [0, 0.1) is 19.9 Å². The second kappa shape index (κ2) is 14.5. The number of hydrogen-bond acceptors (Lipinski definition) is 0. The van der Waals surface area contributed by atoms with Crippen molar-refractivity contribution in [3.05, 3.63) is 52.1 Å². The average molecular weight is 452 g/mol. The van der Waals surface area contributed by atoms with E-state index in [1.165, 1.54) is 48.0 Å². The number of rotatable bonds is 6. The Morgan fingerprint density at radius 3 is 2.00 bits per heavy atom. The van der Waals surface area contributed by atoms with Crippen LogP contribution in [-0.4, -0.2) is 9.52 Å². The number of hydrogen-bond donors (Lipinski definition) is 0. The van der Waals surface area contributed by atoms with Gasteiger partial charge in [0.25, 0.3) is 0 Å². The van der Waals surface area contributed by atoms with Gasteiger partial charge in [0.2, 0.25) is 0 Å². The Morgan fingerprint density at radius 1 is 0.920 bits per heavy atom. The van der Waals surface area contributed by atoms with Gasteiger partial charge in [0.15, 0.2) is 0 Å². The molecule has 0 aliphatic heterocycles. The zero-order chi connectivity index (χ0) is 15.4. The van der Waals surface area contributed by atoms with Crippen LogP contribution >= 0.6 is 0 Å². The maximum absolute atomic E-state index is 3.77. The summed E-state index contributed by atoms with van der Waals surface area (Å²) in [5, 5.41) is 1.60. The molecule has 0 amide bonds. The molecule has 0 saturated carbocycles. The summed E-state index contributed by atoms with van der Waals surface area (Å²) in [6, 6.07) is 7.07. The molecule has 0 spiro atoms. The summed E-state index contributed by atoms with van der Waals surface area (Å²) in [6.07, 6.45) is 9.06. The molecule has 1 aromatic carbocycles. The van der Waals surface area contributed by atoms with E-state index in [1.54, 1.807) is 10.8 Å². The molecule has 0 N–H and O–H groups in total. The van der Waals surface area contributed by atoms with Gasteiger partial charge >= 0.3 is 21.7 Å². The van der Waals surface area contributed by atoms with Gasteiger partial charge in [-0.15, -0.1) is 6.92 Å². The average Bonchev–Trinajstić information content (AvgIpc) is 2.65. The van der Waals surface area contributed by atoms with Crippen LogP contribution < -0.4 is 42.4 Å². The Balaban J connectivity index is -0.00000121. The molecule has 138 valence electrons. The van der Waals surface area contributed by atoms with E-state index in [-0.39, 0.29) is 68.5 Å². The summed E-state index contributed by atoms with van der Waals surface area (Å²) in [6.45, 7) is 11.3. The molecular formula is C20H29Cl3SiTi. The van der Waals surface area contributed by atoms with E-state index in [0.29, 0.717) is 5.54 Å². The van der Waals surface area contributed by atoms with Crippen molar-refractivity contribution in [2.24, 2.45) is 0 Å². The van der Waals surface area contributed by atoms with Gasteiger partial charge in [0.1, 0.15) is 0 Å². The summed E-state index contributed by atoms with van der Waals surface area (Å²) in [5.74, 6) is 0. The summed E-state index contributed by atoms with van der Waals surface area (Å²) in [4.78, 5) is 0. The minimum Gasteiger partial charge on any atom is -1.00 e. The molecule has 0 radical (unpaired) electrons. The molecule has 1 unspecified atom stereocenters. The Hall–Kier alpha value is 0.501. The van der Waals surface area contributed by atoms with Gasteiger partial charge in [-0.25, -0.2) is 5.57 Å². The van der Waals surface area contributed by atoms with Crippen molar-refractivity contribution in [2.75, 3.05) is 0 Å². The maximum atomic E-state index is 3.77. The minimum atomic E-state index is -0.313. The molecule has 0 heterocycles. The van der Waals surface area contributed by atoms with Crippen molar-refractivity contribution in [1.82, 2.24) is 0 Å². The third-order valence-corrected chi connectivity index (χ3v) is 6.61. The zero-order valence-corrected chi connectivity index (χ0v) is 21.2. The van der Waals surface area contributed by atoms with Gasteiger partial charge in [0, 0.05) is 9.52 Å². The smallest absolute Gasteiger partial charge is 1.00 e. The van der Waals surface area contributed by atoms with E-state index in [2.05, 4.69) is 58.9 Å². The van der Waals surface area contributed by atoms with Crippen LogP contribution in [0.2, 0.25) is 5.54 Å². The van der Waals surface area contributed by atoms with E-state index in [1.807, 2.05) is 0 Å². The SMILES string of the molecule is CCCCCC1=C(C)C(C)=[C-]C1[SiH2]c1cc(C)cc(C)c1.[Cl-].[Cl-].[Cl-].[Ti+4]. The zero-order valence-electron chi connectivity index (χ0n) is 16.0. The molecule has 5 heteroatoms. The first-order valence-corrected chi connectivity index (χ1v) is 9.91. The molecule has 1 aliphatic rings. The number of halogens is 3. The van der Waals surface area contributed by atoms with Crippen LogP contribution in [0.15, 0.2) is 34.9 Å². The minimum absolute atomic E-state index is 0. The van der Waals surface area contributed by atoms with E-state index in [4.69, 9.17) is 0 Å². The summed E-state index contributed by atoms with van der Waals surface area (Å²) in [5.41, 5.74) is 8.10. The summed E-state index contributed by atoms with van der Waals surface area (Å²) < 4.78 is 0. The van der Waals surface area contributed by atoms with Crippen LogP contribution in [0.4, 0.5) is 0 Å². The van der Waals surface area contributed by atoms with Gasteiger partial charge in [-0.05, 0) is 20.3 Å². The Bertz CT molecular complexity index is 562. The molecule has 0 saturated heterocycles. The number of aryl methyl sites for hydroxylation is 2. The molecule has 25 heavy (non-hydrogen) atoms. The van der Waals surface area contributed by atoms with Gasteiger partial charge in [-0.1, -0.05) is 73.2 Å². The van der Waals surface area contributed by atoms with Crippen molar-refractivity contribution < 1.29 is 58.9 Å². The molecule has 0 aromatic heterocycles. The third-order valence-electron chi connectivity index (χ3n) is 4.63. The first-order chi connectivity index (χ1) is 10.0. The normalized spacial score (nSPS) is 15.9. The Labute approximate surface area is 190 Å². The van der Waals surface area contributed by atoms with E-state index in [9.17, 15) is 0 Å². The Morgan fingerprint density at radius 2 is 1.48 bits per heavy atom. The summed E-state index contributed by atoms with van der Waals surface area (Å²) in [7, 11) is -0.313. The third kappa shape index (κ3) is 8.82. The van der Waals surface area contributed by atoms with Crippen LogP contribution in [0.1, 0.15) is 57.6 Å². The van der Waals surface area contributed by atoms with Crippen LogP contribution in [-0.2, 0) is 21.7 Å². The molecule has 0 fully saturated rings. The van der Waals surface area contributed by atoms with Crippen molar-refractivity contribution in [2.45, 2.75) is 65.8 Å². The van der Waals surface area contributed by atoms with Gasteiger partial charge in [0.05, 0.1) is 0 Å². The predicted molar refractivity (Wildman–Crippen MR) is 97.1 cm³/mol. The first-order valence-electron chi connectivity index (χ1n) is 8.38. The molecule has 1 aromatic rings. The second-order valence-electron chi connectivity index (χ2n) is 6.63. The van der Waals surface area contributed by atoms with Gasteiger partial charge < -0.3 is 37.2 Å². The molecular weight excluding hydrogens is 423 g/mol. The van der Waals surface area contributed by atoms with Crippen LogP contribution in [0.3, 0.4) is 0 Å². The number of unbranched alkanes of at least 4 members (excludes halogenated alkanes) is 2. The second-order valence-corrected chi connectivity index (χ2v) is 8.67. The predicted octanol–water partition coefficient (Wildman–Crippen LogP) is -4.44. The van der Waals surface area contributed by atoms with Gasteiger partial charge in [-0.3, -0.25) is 6.08 Å². The fourth-order valence-corrected chi connectivity index (χ4v) is 6.00. The molecule has 1 atom stereocenters. The van der Waals surface area contributed by atoms with E-state index in [0.717, 1.165) is 0 Å². The fraction of sp³-hybridized carbons (Fsp3) is 0.500.